The van der Waals surface area contributed by atoms with Crippen molar-refractivity contribution >= 4 is 15.9 Å². The van der Waals surface area contributed by atoms with Gasteiger partial charge >= 0.3 is 0 Å². The molecule has 0 aliphatic heterocycles. The van der Waals surface area contributed by atoms with Crippen LogP contribution < -0.4 is 0 Å². The highest BCUT2D eigenvalue weighted by molar-refractivity contribution is 9.09. The number of fused-ring (bicyclic) bond motifs is 2. The molecule has 1 heteroatoms. The van der Waals surface area contributed by atoms with Crippen LogP contribution in [-0.4, -0.2) is 5.33 Å². The second-order valence-electron chi connectivity index (χ2n) is 6.34. The van der Waals surface area contributed by atoms with Gasteiger partial charge in [0.05, 0.1) is 0 Å². The van der Waals surface area contributed by atoms with Crippen molar-refractivity contribution in [2.24, 2.45) is 23.2 Å². The topological polar surface area (TPSA) is 0 Å². The van der Waals surface area contributed by atoms with Gasteiger partial charge < -0.3 is 0 Å². The van der Waals surface area contributed by atoms with Crippen LogP contribution in [0.3, 0.4) is 0 Å². The third-order valence-electron chi connectivity index (χ3n) is 5.64. The summed E-state index contributed by atoms with van der Waals surface area (Å²) >= 11 is 3.85. The van der Waals surface area contributed by atoms with Crippen LogP contribution in [0.25, 0.3) is 0 Å². The summed E-state index contributed by atoms with van der Waals surface area (Å²) in [7, 11) is 0. The van der Waals surface area contributed by atoms with Gasteiger partial charge in [-0.05, 0) is 55.3 Å². The maximum Gasteiger partial charge on any atom is 0.00907 e. The molecule has 86 valence electrons. The highest BCUT2D eigenvalue weighted by Gasteiger charge is 2.49. The maximum absolute atomic E-state index is 3.85. The first-order valence-electron chi connectivity index (χ1n) is 6.90. The third-order valence-corrected chi connectivity index (χ3v) is 6.76. The van der Waals surface area contributed by atoms with Crippen molar-refractivity contribution in [3.05, 3.63) is 0 Å². The number of alkyl halides is 1. The fourth-order valence-electron chi connectivity index (χ4n) is 4.85. The number of hydrogen-bond donors (Lipinski definition) is 0. The molecule has 0 amide bonds. The molecule has 3 saturated carbocycles. The van der Waals surface area contributed by atoms with Gasteiger partial charge in [0, 0.05) is 5.33 Å². The smallest absolute Gasteiger partial charge is 0.00907 e. The predicted molar refractivity (Wildman–Crippen MR) is 68.3 cm³/mol. The van der Waals surface area contributed by atoms with Crippen molar-refractivity contribution in [3.63, 3.8) is 0 Å². The Kier molecular flexibility index (Phi) is 2.87. The van der Waals surface area contributed by atoms with E-state index in [0.29, 0.717) is 0 Å². The first-order chi connectivity index (χ1) is 7.34. The average molecular weight is 271 g/mol. The zero-order chi connectivity index (χ0) is 10.3. The largest absolute Gasteiger partial charge is 0.0922 e. The number of halogens is 1. The van der Waals surface area contributed by atoms with Crippen molar-refractivity contribution < 1.29 is 0 Å². The summed E-state index contributed by atoms with van der Waals surface area (Å²) in [6, 6.07) is 0. The second kappa shape index (κ2) is 4.05. The number of rotatable bonds is 2. The van der Waals surface area contributed by atoms with E-state index in [4.69, 9.17) is 0 Å². The van der Waals surface area contributed by atoms with Crippen LogP contribution in [-0.2, 0) is 0 Å². The van der Waals surface area contributed by atoms with E-state index in [1.165, 1.54) is 37.4 Å². The van der Waals surface area contributed by atoms with Crippen molar-refractivity contribution in [1.82, 2.24) is 0 Å². The van der Waals surface area contributed by atoms with Crippen LogP contribution in [0.4, 0.5) is 0 Å². The van der Waals surface area contributed by atoms with Crippen molar-refractivity contribution in [1.29, 1.82) is 0 Å². The Morgan fingerprint density at radius 3 is 2.33 bits per heavy atom. The summed E-state index contributed by atoms with van der Waals surface area (Å²) in [6.45, 7) is 0. The molecular weight excluding hydrogens is 248 g/mol. The first kappa shape index (κ1) is 10.6. The van der Waals surface area contributed by atoms with Gasteiger partial charge in [-0.15, -0.1) is 0 Å². The van der Waals surface area contributed by atoms with Crippen molar-refractivity contribution in [3.8, 4) is 0 Å². The Labute approximate surface area is 102 Å². The van der Waals surface area contributed by atoms with E-state index in [1.54, 1.807) is 25.7 Å². The van der Waals surface area contributed by atoms with E-state index in [9.17, 15) is 0 Å². The van der Waals surface area contributed by atoms with Gasteiger partial charge in [-0.25, -0.2) is 0 Å². The molecular formula is C14H23Br. The molecule has 3 aliphatic carbocycles. The fourth-order valence-corrected chi connectivity index (χ4v) is 5.83. The molecule has 0 spiro atoms. The summed E-state index contributed by atoms with van der Waals surface area (Å²) < 4.78 is 0. The minimum atomic E-state index is 0.720. The highest BCUT2D eigenvalue weighted by atomic mass is 79.9. The molecule has 3 unspecified atom stereocenters. The van der Waals surface area contributed by atoms with Crippen LogP contribution in [0.5, 0.6) is 0 Å². The van der Waals surface area contributed by atoms with Gasteiger partial charge in [-0.3, -0.25) is 0 Å². The molecule has 3 fully saturated rings. The molecule has 0 aromatic heterocycles. The van der Waals surface area contributed by atoms with Crippen LogP contribution in [0.1, 0.15) is 57.8 Å². The molecule has 3 atom stereocenters. The lowest BCUT2D eigenvalue weighted by Gasteiger charge is -2.45. The van der Waals surface area contributed by atoms with Gasteiger partial charge in [0.1, 0.15) is 0 Å². The molecule has 0 N–H and O–H groups in total. The molecule has 0 aromatic rings. The fraction of sp³-hybridized carbons (Fsp3) is 1.00. The highest BCUT2D eigenvalue weighted by Crippen LogP contribution is 2.59. The molecule has 3 aliphatic rings. The molecule has 0 heterocycles. The lowest BCUT2D eigenvalue weighted by atomic mass is 9.62. The summed E-state index contributed by atoms with van der Waals surface area (Å²) in [4.78, 5) is 0. The van der Waals surface area contributed by atoms with E-state index < -0.39 is 0 Å². The van der Waals surface area contributed by atoms with Crippen molar-refractivity contribution in [2.75, 3.05) is 5.33 Å². The van der Waals surface area contributed by atoms with Gasteiger partial charge in [0.2, 0.25) is 0 Å². The SMILES string of the molecule is BrCC1(C2CC3CCC2C3)CCCCC1. The second-order valence-corrected chi connectivity index (χ2v) is 6.90. The van der Waals surface area contributed by atoms with E-state index >= 15 is 0 Å². The van der Waals surface area contributed by atoms with Gasteiger partial charge in [-0.1, -0.05) is 41.6 Å². The number of hydrogen-bond acceptors (Lipinski definition) is 0. The molecule has 15 heavy (non-hydrogen) atoms. The molecule has 2 bridgehead atoms. The quantitative estimate of drug-likeness (QED) is 0.635. The van der Waals surface area contributed by atoms with Gasteiger partial charge in [-0.2, -0.15) is 0 Å². The van der Waals surface area contributed by atoms with E-state index in [2.05, 4.69) is 15.9 Å². The summed E-state index contributed by atoms with van der Waals surface area (Å²) in [5.41, 5.74) is 0.720. The maximum atomic E-state index is 3.85. The Hall–Kier alpha value is 0.480. The van der Waals surface area contributed by atoms with Gasteiger partial charge in [0.15, 0.2) is 0 Å². The third kappa shape index (κ3) is 1.69. The summed E-state index contributed by atoms with van der Waals surface area (Å²) in [5.74, 6) is 3.33. The standard InChI is InChI=1S/C14H23Br/c15-10-14(6-2-1-3-7-14)13-9-11-4-5-12(13)8-11/h11-13H,1-10H2. The lowest BCUT2D eigenvalue weighted by Crippen LogP contribution is -2.37. The van der Waals surface area contributed by atoms with E-state index in [-0.39, 0.29) is 0 Å². The average Bonchev–Trinajstić information content (AvgIpc) is 2.92. The zero-order valence-electron chi connectivity index (χ0n) is 9.68. The van der Waals surface area contributed by atoms with Gasteiger partial charge in [0.25, 0.3) is 0 Å². The van der Waals surface area contributed by atoms with Crippen LogP contribution in [0.15, 0.2) is 0 Å². The molecule has 0 radical (unpaired) electrons. The lowest BCUT2D eigenvalue weighted by molar-refractivity contribution is 0.0810. The predicted octanol–water partition coefficient (Wildman–Crippen LogP) is 4.77. The zero-order valence-corrected chi connectivity index (χ0v) is 11.3. The van der Waals surface area contributed by atoms with E-state index in [0.717, 1.165) is 23.2 Å². The Morgan fingerprint density at radius 2 is 1.80 bits per heavy atom. The Bertz CT molecular complexity index is 229. The first-order valence-corrected chi connectivity index (χ1v) is 8.02. The summed E-state index contributed by atoms with van der Waals surface area (Å²) in [5, 5.41) is 1.29. The van der Waals surface area contributed by atoms with Crippen LogP contribution in [0, 0.1) is 23.2 Å². The monoisotopic (exact) mass is 270 g/mol. The minimum Gasteiger partial charge on any atom is -0.0922 e. The Balaban J connectivity index is 1.77. The summed E-state index contributed by atoms with van der Waals surface area (Å²) in [6.07, 6.45) is 13.8. The van der Waals surface area contributed by atoms with Crippen LogP contribution >= 0.6 is 15.9 Å². The molecule has 0 aromatic carbocycles. The van der Waals surface area contributed by atoms with E-state index in [1.807, 2.05) is 0 Å². The molecule has 3 rings (SSSR count). The van der Waals surface area contributed by atoms with Crippen molar-refractivity contribution in [2.45, 2.75) is 57.8 Å². The van der Waals surface area contributed by atoms with Crippen LogP contribution in [0.2, 0.25) is 0 Å². The Morgan fingerprint density at radius 1 is 1.00 bits per heavy atom. The molecule has 0 nitrogen and oxygen atoms in total. The normalized spacial score (nSPS) is 43.4. The molecule has 0 saturated heterocycles. The minimum absolute atomic E-state index is 0.720.